The van der Waals surface area contributed by atoms with Crippen LogP contribution in [0.4, 0.5) is 5.69 Å². The van der Waals surface area contributed by atoms with Crippen molar-refractivity contribution >= 4 is 33.1 Å². The third-order valence-electron chi connectivity index (χ3n) is 4.12. The van der Waals surface area contributed by atoms with E-state index in [9.17, 15) is 4.79 Å². The van der Waals surface area contributed by atoms with Gasteiger partial charge in [-0.3, -0.25) is 4.79 Å². The number of nitrogens with one attached hydrogen (secondary N) is 1. The van der Waals surface area contributed by atoms with Crippen LogP contribution in [-0.4, -0.2) is 15.9 Å². The summed E-state index contributed by atoms with van der Waals surface area (Å²) in [5.74, 6) is 1.000. The Morgan fingerprint density at radius 2 is 1.83 bits per heavy atom. The number of thiophene rings is 1. The lowest BCUT2D eigenvalue weighted by Gasteiger charge is -2.13. The van der Waals surface area contributed by atoms with Crippen LogP contribution in [0, 0.1) is 20.8 Å². The Balaban J connectivity index is 2.01. The van der Waals surface area contributed by atoms with Gasteiger partial charge in [0.15, 0.2) is 0 Å². The Kier molecular flexibility index (Phi) is 4.37. The number of fused-ring (bicyclic) bond motifs is 1. The van der Waals surface area contributed by atoms with E-state index in [2.05, 4.69) is 35.2 Å². The first-order chi connectivity index (χ1) is 11.4. The number of hydrogen-bond donors (Lipinski definition) is 1. The van der Waals surface area contributed by atoms with Crippen LogP contribution < -0.4 is 5.32 Å². The van der Waals surface area contributed by atoms with E-state index < -0.39 is 0 Å². The molecule has 124 valence electrons. The van der Waals surface area contributed by atoms with Crippen LogP contribution in [0.15, 0.2) is 24.3 Å². The number of benzene rings is 1. The SMILES string of the molecule is Cc1nc(C)c2c(C)c(C(=O)Nc3ccccc3C(C)C)sc2n1. The first-order valence-corrected chi connectivity index (χ1v) is 8.84. The number of carbonyl (C=O) groups is 1. The predicted molar refractivity (Wildman–Crippen MR) is 100 cm³/mol. The second kappa shape index (κ2) is 6.32. The molecule has 1 amide bonds. The number of nitrogens with zero attached hydrogens (tertiary/aromatic N) is 2. The van der Waals surface area contributed by atoms with Crippen molar-refractivity contribution in [2.24, 2.45) is 0 Å². The number of hydrogen-bond acceptors (Lipinski definition) is 4. The van der Waals surface area contributed by atoms with Crippen LogP contribution in [0.1, 0.15) is 52.1 Å². The highest BCUT2D eigenvalue weighted by atomic mass is 32.1. The third kappa shape index (κ3) is 2.91. The molecule has 0 bridgehead atoms. The van der Waals surface area contributed by atoms with Gasteiger partial charge in [-0.25, -0.2) is 9.97 Å². The predicted octanol–water partition coefficient (Wildman–Crippen LogP) is 4.99. The molecule has 1 N–H and O–H groups in total. The maximum Gasteiger partial charge on any atom is 0.266 e. The van der Waals surface area contributed by atoms with E-state index in [4.69, 9.17) is 0 Å². The maximum absolute atomic E-state index is 12.8. The van der Waals surface area contributed by atoms with Gasteiger partial charge in [0.05, 0.1) is 4.88 Å². The van der Waals surface area contributed by atoms with Crippen LogP contribution in [0.5, 0.6) is 0 Å². The molecular formula is C19H21N3OS. The second-order valence-corrected chi connectivity index (χ2v) is 7.29. The van der Waals surface area contributed by atoms with Gasteiger partial charge in [-0.1, -0.05) is 32.0 Å². The largest absolute Gasteiger partial charge is 0.321 e. The smallest absolute Gasteiger partial charge is 0.266 e. The molecule has 5 heteroatoms. The first kappa shape index (κ1) is 16.6. The topological polar surface area (TPSA) is 54.9 Å². The van der Waals surface area contributed by atoms with Gasteiger partial charge >= 0.3 is 0 Å². The fraction of sp³-hybridized carbons (Fsp3) is 0.316. The molecule has 0 aliphatic carbocycles. The van der Waals surface area contributed by atoms with E-state index in [-0.39, 0.29) is 5.91 Å². The highest BCUT2D eigenvalue weighted by Crippen LogP contribution is 2.32. The Morgan fingerprint density at radius 3 is 2.54 bits per heavy atom. The summed E-state index contributed by atoms with van der Waals surface area (Å²) in [6.07, 6.45) is 0. The van der Waals surface area contributed by atoms with Gasteiger partial charge in [-0.2, -0.15) is 0 Å². The Labute approximate surface area is 146 Å². The molecule has 0 atom stereocenters. The van der Waals surface area contributed by atoms with E-state index in [1.54, 1.807) is 0 Å². The first-order valence-electron chi connectivity index (χ1n) is 8.03. The maximum atomic E-state index is 12.8. The molecule has 4 nitrogen and oxygen atoms in total. The van der Waals surface area contributed by atoms with Crippen LogP contribution in [0.3, 0.4) is 0 Å². The normalized spacial score (nSPS) is 11.2. The molecule has 1 aromatic carbocycles. The van der Waals surface area contributed by atoms with E-state index in [1.807, 2.05) is 39.0 Å². The number of aromatic nitrogens is 2. The minimum absolute atomic E-state index is 0.0827. The van der Waals surface area contributed by atoms with E-state index >= 15 is 0 Å². The summed E-state index contributed by atoms with van der Waals surface area (Å²) in [6, 6.07) is 7.94. The molecule has 3 aromatic rings. The molecule has 0 saturated heterocycles. The summed E-state index contributed by atoms with van der Waals surface area (Å²) < 4.78 is 0. The number of rotatable bonds is 3. The Hall–Kier alpha value is -2.27. The van der Waals surface area contributed by atoms with Gasteiger partial charge in [0.1, 0.15) is 10.7 Å². The van der Waals surface area contributed by atoms with Crippen molar-refractivity contribution in [3.63, 3.8) is 0 Å². The Bertz CT molecular complexity index is 928. The fourth-order valence-electron chi connectivity index (χ4n) is 2.98. The van der Waals surface area contributed by atoms with Crippen molar-refractivity contribution in [2.45, 2.75) is 40.5 Å². The molecule has 0 aliphatic rings. The number of anilines is 1. The molecule has 3 rings (SSSR count). The zero-order valence-electron chi connectivity index (χ0n) is 14.6. The van der Waals surface area contributed by atoms with Crippen LogP contribution in [0.2, 0.25) is 0 Å². The molecule has 0 fully saturated rings. The highest BCUT2D eigenvalue weighted by Gasteiger charge is 2.19. The molecule has 2 aromatic heterocycles. The van der Waals surface area contributed by atoms with Gasteiger partial charge in [0, 0.05) is 16.8 Å². The van der Waals surface area contributed by atoms with Crippen LogP contribution in [-0.2, 0) is 0 Å². The van der Waals surface area contributed by atoms with Gasteiger partial charge in [-0.15, -0.1) is 11.3 Å². The van der Waals surface area contributed by atoms with E-state index in [1.165, 1.54) is 11.3 Å². The quantitative estimate of drug-likeness (QED) is 0.731. The van der Waals surface area contributed by atoms with E-state index in [0.717, 1.165) is 38.5 Å². The molecule has 0 radical (unpaired) electrons. The standard InChI is InChI=1S/C19H21N3OS/c1-10(2)14-8-6-7-9-15(14)22-18(23)17-11(3)16-12(4)20-13(5)21-19(16)24-17/h6-10H,1-5H3,(H,22,23). The van der Waals surface area contributed by atoms with Crippen LogP contribution in [0.25, 0.3) is 10.2 Å². The molecule has 0 spiro atoms. The summed E-state index contributed by atoms with van der Waals surface area (Å²) in [5.41, 5.74) is 3.88. The number of amides is 1. The molecule has 2 heterocycles. The van der Waals surface area contributed by atoms with Gasteiger partial charge in [-0.05, 0) is 43.9 Å². The number of aryl methyl sites for hydroxylation is 3. The Morgan fingerprint density at radius 1 is 1.12 bits per heavy atom. The van der Waals surface area contributed by atoms with Crippen molar-refractivity contribution < 1.29 is 4.79 Å². The summed E-state index contributed by atoms with van der Waals surface area (Å²) in [5, 5.41) is 4.06. The molecule has 0 unspecified atom stereocenters. The second-order valence-electron chi connectivity index (χ2n) is 6.29. The van der Waals surface area contributed by atoms with Gasteiger partial charge < -0.3 is 5.32 Å². The zero-order valence-corrected chi connectivity index (χ0v) is 15.4. The van der Waals surface area contributed by atoms with Gasteiger partial charge in [0.2, 0.25) is 0 Å². The van der Waals surface area contributed by atoms with E-state index in [0.29, 0.717) is 10.8 Å². The van der Waals surface area contributed by atoms with Gasteiger partial charge in [0.25, 0.3) is 5.91 Å². The highest BCUT2D eigenvalue weighted by molar-refractivity contribution is 7.20. The summed E-state index contributed by atoms with van der Waals surface area (Å²) in [6.45, 7) is 10.1. The molecular weight excluding hydrogens is 318 g/mol. The lowest BCUT2D eigenvalue weighted by atomic mass is 10.0. The van der Waals surface area contributed by atoms with Crippen molar-refractivity contribution in [2.75, 3.05) is 5.32 Å². The average Bonchev–Trinajstić information content (AvgIpc) is 2.84. The monoisotopic (exact) mass is 339 g/mol. The van der Waals surface area contributed by atoms with Crippen molar-refractivity contribution in [3.8, 4) is 0 Å². The molecule has 0 aliphatic heterocycles. The molecule has 0 saturated carbocycles. The number of para-hydroxylation sites is 1. The van der Waals surface area contributed by atoms with Crippen LogP contribution >= 0.6 is 11.3 Å². The summed E-state index contributed by atoms with van der Waals surface area (Å²) >= 11 is 1.43. The molecule has 24 heavy (non-hydrogen) atoms. The van der Waals surface area contributed by atoms with Crippen molar-refractivity contribution in [1.82, 2.24) is 9.97 Å². The third-order valence-corrected chi connectivity index (χ3v) is 5.30. The number of carbonyl (C=O) groups excluding carboxylic acids is 1. The minimum Gasteiger partial charge on any atom is -0.321 e. The lowest BCUT2D eigenvalue weighted by molar-refractivity contribution is 0.103. The lowest BCUT2D eigenvalue weighted by Crippen LogP contribution is -2.13. The summed E-state index contributed by atoms with van der Waals surface area (Å²) in [4.78, 5) is 23.3. The zero-order chi connectivity index (χ0) is 17.4. The minimum atomic E-state index is -0.0827. The average molecular weight is 339 g/mol. The van der Waals surface area contributed by atoms with Crippen molar-refractivity contribution in [1.29, 1.82) is 0 Å². The fourth-order valence-corrected chi connectivity index (χ4v) is 4.16. The summed E-state index contributed by atoms with van der Waals surface area (Å²) in [7, 11) is 0. The van der Waals surface area contributed by atoms with Crippen molar-refractivity contribution in [3.05, 3.63) is 51.8 Å².